The lowest BCUT2D eigenvalue weighted by Gasteiger charge is -2.33. The summed E-state index contributed by atoms with van der Waals surface area (Å²) in [5, 5.41) is 12.0. The molecule has 1 saturated heterocycles. The summed E-state index contributed by atoms with van der Waals surface area (Å²) in [4.78, 5) is 2.18. The van der Waals surface area contributed by atoms with Gasteiger partial charge in [-0.3, -0.25) is 4.90 Å². The molecule has 0 spiro atoms. The SMILES string of the molecule is CCS(=O)(=O)N1CCN(Cc2nnnn2-c2ccc(C)cc2)CC1. The van der Waals surface area contributed by atoms with Gasteiger partial charge in [0.25, 0.3) is 0 Å². The van der Waals surface area contributed by atoms with Gasteiger partial charge in [0.1, 0.15) is 0 Å². The van der Waals surface area contributed by atoms with Gasteiger partial charge in [-0.1, -0.05) is 17.7 Å². The summed E-state index contributed by atoms with van der Waals surface area (Å²) in [6.45, 7) is 6.71. The molecule has 0 aliphatic carbocycles. The Kier molecular flexibility index (Phi) is 4.93. The molecule has 1 aliphatic rings. The van der Waals surface area contributed by atoms with Crippen LogP contribution in [0.5, 0.6) is 0 Å². The average Bonchev–Trinajstić information content (AvgIpc) is 3.04. The summed E-state index contributed by atoms with van der Waals surface area (Å²) in [5.41, 5.74) is 2.11. The molecule has 1 fully saturated rings. The van der Waals surface area contributed by atoms with E-state index in [1.807, 2.05) is 31.2 Å². The molecular formula is C15H22N6O2S. The van der Waals surface area contributed by atoms with Crippen LogP contribution in [0, 0.1) is 6.92 Å². The van der Waals surface area contributed by atoms with E-state index in [1.54, 1.807) is 15.9 Å². The van der Waals surface area contributed by atoms with Crippen molar-refractivity contribution in [3.8, 4) is 5.69 Å². The molecule has 0 amide bonds. The van der Waals surface area contributed by atoms with E-state index in [4.69, 9.17) is 0 Å². The van der Waals surface area contributed by atoms with Gasteiger partial charge in [-0.25, -0.2) is 8.42 Å². The normalized spacial score (nSPS) is 17.2. The summed E-state index contributed by atoms with van der Waals surface area (Å²) in [6.07, 6.45) is 0. The first-order valence-corrected chi connectivity index (χ1v) is 9.65. The van der Waals surface area contributed by atoms with Crippen LogP contribution >= 0.6 is 0 Å². The fourth-order valence-corrected chi connectivity index (χ4v) is 3.82. The Morgan fingerprint density at radius 1 is 1.08 bits per heavy atom. The van der Waals surface area contributed by atoms with Crippen molar-refractivity contribution in [2.75, 3.05) is 31.9 Å². The molecule has 3 rings (SSSR count). The van der Waals surface area contributed by atoms with Gasteiger partial charge in [0, 0.05) is 26.2 Å². The highest BCUT2D eigenvalue weighted by Gasteiger charge is 2.26. The number of piperazine rings is 1. The van der Waals surface area contributed by atoms with E-state index in [0.29, 0.717) is 32.7 Å². The largest absolute Gasteiger partial charge is 0.293 e. The summed E-state index contributed by atoms with van der Waals surface area (Å²) in [7, 11) is -3.10. The Hall–Kier alpha value is -1.84. The summed E-state index contributed by atoms with van der Waals surface area (Å²) in [5.74, 6) is 0.907. The standard InChI is InChI=1S/C15H22N6O2S/c1-3-24(22,23)20-10-8-19(9-11-20)12-15-16-17-18-21(15)14-6-4-13(2)5-7-14/h4-7H,3,8-12H2,1-2H3. The van der Waals surface area contributed by atoms with Crippen LogP contribution in [0.4, 0.5) is 0 Å². The Bertz CT molecular complexity index is 779. The predicted octanol–water partition coefficient (Wildman–Crippen LogP) is 0.438. The second-order valence-electron chi connectivity index (χ2n) is 5.92. The maximum absolute atomic E-state index is 11.9. The molecule has 2 aromatic rings. The van der Waals surface area contributed by atoms with Gasteiger partial charge in [0.15, 0.2) is 5.82 Å². The van der Waals surface area contributed by atoms with Crippen LogP contribution in [0.15, 0.2) is 24.3 Å². The number of aryl methyl sites for hydroxylation is 1. The van der Waals surface area contributed by atoms with Crippen LogP contribution in [0.25, 0.3) is 5.69 Å². The van der Waals surface area contributed by atoms with E-state index in [2.05, 4.69) is 20.4 Å². The molecule has 1 aromatic carbocycles. The topological polar surface area (TPSA) is 84.2 Å². The van der Waals surface area contributed by atoms with Crippen molar-refractivity contribution < 1.29 is 8.42 Å². The van der Waals surface area contributed by atoms with Crippen LogP contribution in [0.1, 0.15) is 18.3 Å². The van der Waals surface area contributed by atoms with Crippen molar-refractivity contribution >= 4 is 10.0 Å². The maximum atomic E-state index is 11.9. The van der Waals surface area contributed by atoms with Crippen LogP contribution in [-0.4, -0.2) is 69.8 Å². The third-order valence-electron chi connectivity index (χ3n) is 4.27. The minimum atomic E-state index is -3.10. The smallest absolute Gasteiger partial charge is 0.213 e. The highest BCUT2D eigenvalue weighted by molar-refractivity contribution is 7.89. The predicted molar refractivity (Wildman–Crippen MR) is 90.2 cm³/mol. The first-order chi connectivity index (χ1) is 11.5. The first-order valence-electron chi connectivity index (χ1n) is 8.04. The number of rotatable bonds is 5. The van der Waals surface area contributed by atoms with Crippen LogP contribution in [-0.2, 0) is 16.6 Å². The van der Waals surface area contributed by atoms with Crippen molar-refractivity contribution in [3.05, 3.63) is 35.7 Å². The lowest BCUT2D eigenvalue weighted by atomic mass is 10.2. The molecule has 1 aliphatic heterocycles. The average molecular weight is 350 g/mol. The van der Waals surface area contributed by atoms with E-state index >= 15 is 0 Å². The number of hydrogen-bond acceptors (Lipinski definition) is 6. The third-order valence-corrected chi connectivity index (χ3v) is 6.15. The summed E-state index contributed by atoms with van der Waals surface area (Å²) < 4.78 is 27.1. The van der Waals surface area contributed by atoms with Crippen LogP contribution < -0.4 is 0 Å². The highest BCUT2D eigenvalue weighted by atomic mass is 32.2. The van der Waals surface area contributed by atoms with Crippen molar-refractivity contribution in [1.29, 1.82) is 0 Å². The van der Waals surface area contributed by atoms with Crippen LogP contribution in [0.3, 0.4) is 0 Å². The molecule has 0 N–H and O–H groups in total. The molecule has 2 heterocycles. The molecule has 9 heteroatoms. The van der Waals surface area contributed by atoms with Gasteiger partial charge in [0.2, 0.25) is 10.0 Å². The first kappa shape index (κ1) is 17.0. The van der Waals surface area contributed by atoms with Crippen molar-refractivity contribution in [1.82, 2.24) is 29.4 Å². The van der Waals surface area contributed by atoms with Gasteiger partial charge in [-0.2, -0.15) is 8.99 Å². The Balaban J connectivity index is 1.66. The molecule has 0 radical (unpaired) electrons. The quantitative estimate of drug-likeness (QED) is 0.778. The van der Waals surface area contributed by atoms with Crippen molar-refractivity contribution in [3.63, 3.8) is 0 Å². The zero-order valence-electron chi connectivity index (χ0n) is 14.0. The molecule has 0 bridgehead atoms. The van der Waals surface area contributed by atoms with E-state index < -0.39 is 10.0 Å². The zero-order valence-corrected chi connectivity index (χ0v) is 14.8. The second kappa shape index (κ2) is 6.96. The Morgan fingerprint density at radius 2 is 1.75 bits per heavy atom. The molecule has 0 atom stereocenters. The zero-order chi connectivity index (χ0) is 17.2. The molecular weight excluding hydrogens is 328 g/mol. The van der Waals surface area contributed by atoms with Gasteiger partial charge in [0.05, 0.1) is 18.0 Å². The molecule has 24 heavy (non-hydrogen) atoms. The van der Waals surface area contributed by atoms with Gasteiger partial charge >= 0.3 is 0 Å². The lowest BCUT2D eigenvalue weighted by Crippen LogP contribution is -2.48. The van der Waals surface area contributed by atoms with Crippen molar-refractivity contribution in [2.45, 2.75) is 20.4 Å². The number of sulfonamides is 1. The number of nitrogens with zero attached hydrogens (tertiary/aromatic N) is 6. The fourth-order valence-electron chi connectivity index (χ4n) is 2.74. The van der Waals surface area contributed by atoms with E-state index in [-0.39, 0.29) is 5.75 Å². The Morgan fingerprint density at radius 3 is 2.38 bits per heavy atom. The molecule has 0 unspecified atom stereocenters. The highest BCUT2D eigenvalue weighted by Crippen LogP contribution is 2.13. The van der Waals surface area contributed by atoms with Crippen LogP contribution in [0.2, 0.25) is 0 Å². The van der Waals surface area contributed by atoms with E-state index in [9.17, 15) is 8.42 Å². The van der Waals surface area contributed by atoms with E-state index in [0.717, 1.165) is 11.5 Å². The molecule has 130 valence electrons. The van der Waals surface area contributed by atoms with Gasteiger partial charge in [-0.15, -0.1) is 5.10 Å². The minimum Gasteiger partial charge on any atom is -0.293 e. The van der Waals surface area contributed by atoms with Gasteiger partial charge in [-0.05, 0) is 36.4 Å². The van der Waals surface area contributed by atoms with Gasteiger partial charge < -0.3 is 0 Å². The molecule has 1 aromatic heterocycles. The Labute approximate surface area is 142 Å². The third kappa shape index (κ3) is 3.63. The van der Waals surface area contributed by atoms with Crippen molar-refractivity contribution in [2.24, 2.45) is 0 Å². The lowest BCUT2D eigenvalue weighted by molar-refractivity contribution is 0.177. The van der Waals surface area contributed by atoms with E-state index in [1.165, 1.54) is 5.56 Å². The fraction of sp³-hybridized carbons (Fsp3) is 0.533. The summed E-state index contributed by atoms with van der Waals surface area (Å²) >= 11 is 0. The maximum Gasteiger partial charge on any atom is 0.213 e. The second-order valence-corrected chi connectivity index (χ2v) is 8.18. The minimum absolute atomic E-state index is 0.151. The number of hydrogen-bond donors (Lipinski definition) is 0. The number of benzene rings is 1. The number of aromatic nitrogens is 4. The number of tetrazole rings is 1. The molecule has 0 saturated carbocycles. The summed E-state index contributed by atoms with van der Waals surface area (Å²) in [6, 6.07) is 8.02. The molecule has 8 nitrogen and oxygen atoms in total. The monoisotopic (exact) mass is 350 g/mol.